The maximum Gasteiger partial charge on any atom is 0.305 e. The van der Waals surface area contributed by atoms with Gasteiger partial charge in [-0.25, -0.2) is 0 Å². The Kier molecular flexibility index (Phi) is 5.80. The fraction of sp³-hybridized carbons (Fsp3) is 0.857. The van der Waals surface area contributed by atoms with Crippen molar-refractivity contribution in [3.8, 4) is 0 Å². The van der Waals surface area contributed by atoms with Crippen LogP contribution in [0.1, 0.15) is 32.1 Å². The molecule has 1 saturated carbocycles. The van der Waals surface area contributed by atoms with Crippen molar-refractivity contribution in [3.05, 3.63) is 0 Å². The third-order valence-electron chi connectivity index (χ3n) is 4.38. The second-order valence-corrected chi connectivity index (χ2v) is 7.28. The number of esters is 1. The Morgan fingerprint density at radius 3 is 2.90 bits per heavy atom. The minimum atomic E-state index is -0.574. The summed E-state index contributed by atoms with van der Waals surface area (Å²) in [4.78, 5) is 22.1. The van der Waals surface area contributed by atoms with E-state index >= 15 is 0 Å². The number of carbonyl (C=O) groups excluding carboxylic acids is 2. The van der Waals surface area contributed by atoms with Crippen molar-refractivity contribution < 1.29 is 24.2 Å². The summed E-state index contributed by atoms with van der Waals surface area (Å²) in [7, 11) is 1.39. The second-order valence-electron chi connectivity index (χ2n) is 5.68. The second kappa shape index (κ2) is 7.17. The molecule has 0 aromatic rings. The molecule has 1 aliphatic heterocycles. The number of fused-ring (bicyclic) bond motifs is 1. The molecule has 6 atom stereocenters. The Bertz CT molecular complexity index is 361. The number of aliphatic hydroxyl groups is 1. The Morgan fingerprint density at radius 2 is 2.25 bits per heavy atom. The summed E-state index contributed by atoms with van der Waals surface area (Å²) < 4.78 is 10.9. The predicted octanol–water partition coefficient (Wildman–Crippen LogP) is 1.49. The molecule has 2 aliphatic rings. The van der Waals surface area contributed by atoms with Crippen LogP contribution in [0.25, 0.3) is 0 Å². The fourth-order valence-corrected chi connectivity index (χ4v) is 3.95. The van der Waals surface area contributed by atoms with Gasteiger partial charge in [0.1, 0.15) is 6.29 Å². The van der Waals surface area contributed by atoms with Gasteiger partial charge in [0.05, 0.1) is 25.4 Å². The Labute approximate surface area is 132 Å². The molecule has 0 aromatic carbocycles. The zero-order chi connectivity index (χ0) is 14.7. The van der Waals surface area contributed by atoms with Crippen LogP contribution in [0.2, 0.25) is 0 Å². The third kappa shape index (κ3) is 3.71. The van der Waals surface area contributed by atoms with Crippen LogP contribution in [-0.2, 0) is 19.1 Å². The number of hydrogen-bond donors (Lipinski definition) is 1. The van der Waals surface area contributed by atoms with E-state index in [4.69, 9.17) is 4.74 Å². The van der Waals surface area contributed by atoms with Crippen LogP contribution in [0.3, 0.4) is 0 Å². The van der Waals surface area contributed by atoms with Gasteiger partial charge in [0.25, 0.3) is 0 Å². The molecule has 1 heterocycles. The first-order chi connectivity index (χ1) is 9.55. The number of aliphatic hydroxyl groups excluding tert-OH is 1. The monoisotopic (exact) mass is 396 g/mol. The van der Waals surface area contributed by atoms with Crippen LogP contribution < -0.4 is 0 Å². The number of hydrogen-bond acceptors (Lipinski definition) is 5. The highest BCUT2D eigenvalue weighted by atomic mass is 127. The molecule has 0 amide bonds. The maximum atomic E-state index is 11.2. The van der Waals surface area contributed by atoms with Crippen molar-refractivity contribution in [1.29, 1.82) is 0 Å². The van der Waals surface area contributed by atoms with Gasteiger partial charge in [0.2, 0.25) is 0 Å². The summed E-state index contributed by atoms with van der Waals surface area (Å²) in [5.41, 5.74) is 0. The zero-order valence-corrected chi connectivity index (χ0v) is 13.7. The molecule has 1 saturated heterocycles. The Morgan fingerprint density at radius 1 is 1.50 bits per heavy atom. The van der Waals surface area contributed by atoms with Gasteiger partial charge in [-0.1, -0.05) is 22.6 Å². The summed E-state index contributed by atoms with van der Waals surface area (Å²) in [5, 5.41) is 9.87. The van der Waals surface area contributed by atoms with E-state index in [2.05, 4.69) is 27.3 Å². The van der Waals surface area contributed by atoms with Crippen molar-refractivity contribution in [3.63, 3.8) is 0 Å². The van der Waals surface area contributed by atoms with Crippen LogP contribution in [0.5, 0.6) is 0 Å². The first-order valence-electron chi connectivity index (χ1n) is 7.04. The Balaban J connectivity index is 1.85. The van der Waals surface area contributed by atoms with E-state index in [1.165, 1.54) is 7.11 Å². The highest BCUT2D eigenvalue weighted by molar-refractivity contribution is 14.1. The highest BCUT2D eigenvalue weighted by Crippen LogP contribution is 2.42. The van der Waals surface area contributed by atoms with E-state index in [-0.39, 0.29) is 28.0 Å². The van der Waals surface area contributed by atoms with Crippen molar-refractivity contribution in [2.45, 2.75) is 54.3 Å². The van der Waals surface area contributed by atoms with Crippen molar-refractivity contribution >= 4 is 34.8 Å². The average molecular weight is 396 g/mol. The van der Waals surface area contributed by atoms with Crippen molar-refractivity contribution in [1.82, 2.24) is 0 Å². The summed E-state index contributed by atoms with van der Waals surface area (Å²) in [6.45, 7) is 0. The first kappa shape index (κ1) is 16.2. The van der Waals surface area contributed by atoms with E-state index in [0.717, 1.165) is 19.1 Å². The van der Waals surface area contributed by atoms with Gasteiger partial charge in [-0.15, -0.1) is 0 Å². The quantitative estimate of drug-likeness (QED) is 0.330. The molecular formula is C14H21IO5. The van der Waals surface area contributed by atoms with E-state index in [1.807, 2.05) is 0 Å². The molecule has 6 unspecified atom stereocenters. The minimum Gasteiger partial charge on any atom is -0.469 e. The summed E-state index contributed by atoms with van der Waals surface area (Å²) in [6.07, 6.45) is 3.76. The largest absolute Gasteiger partial charge is 0.469 e. The third-order valence-corrected chi connectivity index (χ3v) is 5.81. The van der Waals surface area contributed by atoms with Crippen LogP contribution in [-0.4, -0.2) is 46.7 Å². The lowest BCUT2D eigenvalue weighted by Gasteiger charge is -2.31. The number of alkyl halides is 1. The van der Waals surface area contributed by atoms with Crippen LogP contribution >= 0.6 is 22.6 Å². The fourth-order valence-electron chi connectivity index (χ4n) is 3.18. The lowest BCUT2D eigenvalue weighted by atomic mass is 9.77. The number of halogens is 1. The van der Waals surface area contributed by atoms with Crippen LogP contribution in [0.15, 0.2) is 0 Å². The molecule has 2 fully saturated rings. The van der Waals surface area contributed by atoms with Crippen molar-refractivity contribution in [2.75, 3.05) is 7.11 Å². The summed E-state index contributed by atoms with van der Waals surface area (Å²) >= 11 is 2.32. The van der Waals surface area contributed by atoms with Crippen molar-refractivity contribution in [2.24, 2.45) is 11.8 Å². The average Bonchev–Trinajstić information content (AvgIpc) is 2.85. The van der Waals surface area contributed by atoms with Gasteiger partial charge in [-0.3, -0.25) is 4.79 Å². The molecule has 0 radical (unpaired) electrons. The number of aldehydes is 1. The topological polar surface area (TPSA) is 72.8 Å². The van der Waals surface area contributed by atoms with Crippen LogP contribution in [0, 0.1) is 11.8 Å². The first-order valence-corrected chi connectivity index (χ1v) is 8.29. The smallest absolute Gasteiger partial charge is 0.305 e. The molecule has 1 aliphatic carbocycles. The molecule has 20 heavy (non-hydrogen) atoms. The SMILES string of the molecule is COC(=O)CCC(I)C1CC2CC(C=O)C(O)CC2O1. The molecule has 114 valence electrons. The van der Waals surface area contributed by atoms with Crippen LogP contribution in [0.4, 0.5) is 0 Å². The van der Waals surface area contributed by atoms with Gasteiger partial charge >= 0.3 is 5.97 Å². The number of rotatable bonds is 5. The molecule has 6 heteroatoms. The number of methoxy groups -OCH3 is 1. The zero-order valence-electron chi connectivity index (χ0n) is 11.5. The van der Waals surface area contributed by atoms with E-state index in [9.17, 15) is 14.7 Å². The minimum absolute atomic E-state index is 0.0570. The maximum absolute atomic E-state index is 11.2. The lowest BCUT2D eigenvalue weighted by Crippen LogP contribution is -2.37. The molecule has 1 N–H and O–H groups in total. The van der Waals surface area contributed by atoms with E-state index in [0.29, 0.717) is 25.2 Å². The summed E-state index contributed by atoms with van der Waals surface area (Å²) in [6, 6.07) is 0. The molecule has 0 spiro atoms. The number of ether oxygens (including phenoxy) is 2. The Hall–Kier alpha value is -0.210. The molecule has 5 nitrogen and oxygen atoms in total. The van der Waals surface area contributed by atoms with E-state index < -0.39 is 6.10 Å². The van der Waals surface area contributed by atoms with Gasteiger partial charge in [0.15, 0.2) is 0 Å². The molecule has 0 bridgehead atoms. The normalized spacial score (nSPS) is 38.0. The van der Waals surface area contributed by atoms with E-state index in [1.54, 1.807) is 0 Å². The van der Waals surface area contributed by atoms with Gasteiger partial charge < -0.3 is 19.4 Å². The highest BCUT2D eigenvalue weighted by Gasteiger charge is 2.44. The molecular weight excluding hydrogens is 375 g/mol. The molecule has 0 aromatic heterocycles. The van der Waals surface area contributed by atoms with Gasteiger partial charge in [-0.2, -0.15) is 0 Å². The van der Waals surface area contributed by atoms with Gasteiger partial charge in [0, 0.05) is 22.7 Å². The number of carbonyl (C=O) groups is 2. The standard InChI is InChI=1S/C14H21IO5/c1-19-14(18)3-2-10(15)13-5-8-4-9(7-16)11(17)6-12(8)20-13/h7-13,17H,2-6H2,1H3. The predicted molar refractivity (Wildman–Crippen MR) is 80.6 cm³/mol. The lowest BCUT2D eigenvalue weighted by molar-refractivity contribution is -0.140. The molecule has 2 rings (SSSR count). The van der Waals surface area contributed by atoms with Gasteiger partial charge in [-0.05, 0) is 25.2 Å². The summed E-state index contributed by atoms with van der Waals surface area (Å²) in [5.74, 6) is -0.0890.